The molecule has 0 saturated heterocycles. The second-order valence-electron chi connectivity index (χ2n) is 5.39. The molecule has 2 N–H and O–H groups in total. The highest BCUT2D eigenvalue weighted by Crippen LogP contribution is 2.34. The number of nitro benzene ring substituents is 1. The molecule has 0 bridgehead atoms. The molecule has 1 fully saturated rings. The van der Waals surface area contributed by atoms with Gasteiger partial charge in [-0.2, -0.15) is 0 Å². The molecule has 0 radical (unpaired) electrons. The molecule has 1 aliphatic carbocycles. The van der Waals surface area contributed by atoms with Crippen LogP contribution in [0.25, 0.3) is 0 Å². The van der Waals surface area contributed by atoms with Crippen molar-refractivity contribution >= 4 is 28.9 Å². The summed E-state index contributed by atoms with van der Waals surface area (Å²) in [4.78, 5) is 21.4. The van der Waals surface area contributed by atoms with Crippen molar-refractivity contribution in [2.45, 2.75) is 26.2 Å². The lowest BCUT2D eigenvalue weighted by Crippen LogP contribution is -2.24. The lowest BCUT2D eigenvalue weighted by Gasteiger charge is -2.18. The Morgan fingerprint density at radius 2 is 2.24 bits per heavy atom. The highest BCUT2D eigenvalue weighted by atomic mass is 35.5. The maximum Gasteiger partial charge on any atom is 0.306 e. The topological polar surface area (TPSA) is 92.5 Å². The Morgan fingerprint density at radius 3 is 2.86 bits per heavy atom. The fourth-order valence-corrected chi connectivity index (χ4v) is 3.08. The van der Waals surface area contributed by atoms with E-state index < -0.39 is 10.9 Å². The number of carboxylic acid groups (broad SMARTS) is 1. The molecule has 1 aliphatic rings. The zero-order chi connectivity index (χ0) is 15.6. The fourth-order valence-electron chi connectivity index (χ4n) is 2.84. The number of nitrogens with one attached hydrogen (secondary N) is 1. The molecule has 6 nitrogen and oxygen atoms in total. The maximum absolute atomic E-state index is 11.1. The molecule has 0 spiro atoms. The van der Waals surface area contributed by atoms with Crippen LogP contribution in [0.5, 0.6) is 0 Å². The van der Waals surface area contributed by atoms with Gasteiger partial charge in [-0.25, -0.2) is 0 Å². The lowest BCUT2D eigenvalue weighted by atomic mass is 9.96. The number of rotatable bonds is 5. The van der Waals surface area contributed by atoms with Crippen LogP contribution in [-0.4, -0.2) is 22.5 Å². The van der Waals surface area contributed by atoms with Crippen molar-refractivity contribution in [3.05, 3.63) is 32.8 Å². The van der Waals surface area contributed by atoms with Crippen LogP contribution in [0, 0.1) is 28.9 Å². The zero-order valence-electron chi connectivity index (χ0n) is 11.6. The molecule has 21 heavy (non-hydrogen) atoms. The Balaban J connectivity index is 2.08. The first-order chi connectivity index (χ1) is 9.90. The highest BCUT2D eigenvalue weighted by molar-refractivity contribution is 6.33. The summed E-state index contributed by atoms with van der Waals surface area (Å²) in [6, 6.07) is 2.95. The van der Waals surface area contributed by atoms with Crippen LogP contribution >= 0.6 is 11.6 Å². The second-order valence-corrected chi connectivity index (χ2v) is 5.80. The molecule has 1 aromatic carbocycles. The van der Waals surface area contributed by atoms with E-state index in [9.17, 15) is 14.9 Å². The van der Waals surface area contributed by atoms with Crippen molar-refractivity contribution in [3.8, 4) is 0 Å². The summed E-state index contributed by atoms with van der Waals surface area (Å²) in [5, 5.41) is 23.2. The van der Waals surface area contributed by atoms with E-state index >= 15 is 0 Å². The summed E-state index contributed by atoms with van der Waals surface area (Å²) in [6.45, 7) is 2.29. The van der Waals surface area contributed by atoms with Gasteiger partial charge in [0, 0.05) is 18.3 Å². The Bertz CT molecular complexity index is 576. The Morgan fingerprint density at radius 1 is 1.52 bits per heavy atom. The molecule has 1 saturated carbocycles. The summed E-state index contributed by atoms with van der Waals surface area (Å²) in [7, 11) is 0. The minimum absolute atomic E-state index is 0.0781. The fraction of sp³-hybridized carbons (Fsp3) is 0.500. The largest absolute Gasteiger partial charge is 0.481 e. The van der Waals surface area contributed by atoms with E-state index in [-0.39, 0.29) is 22.5 Å². The van der Waals surface area contributed by atoms with E-state index in [1.165, 1.54) is 12.1 Å². The average molecular weight is 313 g/mol. The van der Waals surface area contributed by atoms with E-state index in [4.69, 9.17) is 16.7 Å². The first-order valence-corrected chi connectivity index (χ1v) is 7.19. The van der Waals surface area contributed by atoms with Crippen LogP contribution in [-0.2, 0) is 4.79 Å². The zero-order valence-corrected chi connectivity index (χ0v) is 12.4. The molecule has 0 amide bonds. The van der Waals surface area contributed by atoms with Gasteiger partial charge in [0.2, 0.25) is 0 Å². The molecule has 0 heterocycles. The molecule has 2 rings (SSSR count). The van der Waals surface area contributed by atoms with Gasteiger partial charge in [0.15, 0.2) is 0 Å². The number of nitro groups is 1. The van der Waals surface area contributed by atoms with Crippen LogP contribution in [0.3, 0.4) is 0 Å². The smallest absolute Gasteiger partial charge is 0.306 e. The number of carbonyl (C=O) groups is 1. The third kappa shape index (κ3) is 3.44. The monoisotopic (exact) mass is 312 g/mol. The second kappa shape index (κ2) is 6.30. The maximum atomic E-state index is 11.1. The van der Waals surface area contributed by atoms with Crippen molar-refractivity contribution in [2.75, 3.05) is 11.9 Å². The van der Waals surface area contributed by atoms with Crippen molar-refractivity contribution in [1.29, 1.82) is 0 Å². The summed E-state index contributed by atoms with van der Waals surface area (Å²) < 4.78 is 0. The van der Waals surface area contributed by atoms with Crippen LogP contribution in [0.4, 0.5) is 11.4 Å². The molecule has 2 atom stereocenters. The van der Waals surface area contributed by atoms with E-state index in [1.54, 1.807) is 6.92 Å². The van der Waals surface area contributed by atoms with Crippen LogP contribution in [0.15, 0.2) is 12.1 Å². The number of benzene rings is 1. The average Bonchev–Trinajstić information content (AvgIpc) is 2.87. The first kappa shape index (κ1) is 15.6. The van der Waals surface area contributed by atoms with Crippen molar-refractivity contribution in [3.63, 3.8) is 0 Å². The number of halogens is 1. The standard InChI is InChI=1S/C14H17ClN2O4/c1-8-5-13(17(20)21)11(15)6-12(8)16-7-9-3-2-4-10(9)14(18)19/h5-6,9-10,16H,2-4,7H2,1H3,(H,18,19). The molecule has 114 valence electrons. The van der Waals surface area contributed by atoms with Gasteiger partial charge in [0.05, 0.1) is 10.8 Å². The van der Waals surface area contributed by atoms with E-state index in [2.05, 4.69) is 5.32 Å². The van der Waals surface area contributed by atoms with Crippen LogP contribution < -0.4 is 5.32 Å². The summed E-state index contributed by atoms with van der Waals surface area (Å²) in [5.74, 6) is -0.986. The van der Waals surface area contributed by atoms with Crippen LogP contribution in [0.2, 0.25) is 5.02 Å². The van der Waals surface area contributed by atoms with Gasteiger partial charge in [-0.15, -0.1) is 0 Å². The van der Waals surface area contributed by atoms with Gasteiger partial charge >= 0.3 is 5.97 Å². The van der Waals surface area contributed by atoms with Gasteiger partial charge in [0.25, 0.3) is 5.69 Å². The first-order valence-electron chi connectivity index (χ1n) is 6.81. The van der Waals surface area contributed by atoms with Gasteiger partial charge in [-0.3, -0.25) is 14.9 Å². The summed E-state index contributed by atoms with van der Waals surface area (Å²) in [6.07, 6.45) is 2.51. The molecule has 7 heteroatoms. The van der Waals surface area contributed by atoms with Crippen molar-refractivity contribution < 1.29 is 14.8 Å². The van der Waals surface area contributed by atoms with E-state index in [0.717, 1.165) is 18.4 Å². The van der Waals surface area contributed by atoms with E-state index in [1.807, 2.05) is 0 Å². The highest BCUT2D eigenvalue weighted by Gasteiger charge is 2.32. The van der Waals surface area contributed by atoms with Crippen LogP contribution in [0.1, 0.15) is 24.8 Å². The molecule has 1 aromatic rings. The number of hydrogen-bond acceptors (Lipinski definition) is 4. The van der Waals surface area contributed by atoms with Crippen molar-refractivity contribution in [1.82, 2.24) is 0 Å². The predicted octanol–water partition coefficient (Wildman–Crippen LogP) is 3.47. The van der Waals surface area contributed by atoms with Crippen molar-refractivity contribution in [2.24, 2.45) is 11.8 Å². The molecular formula is C14H17ClN2O4. The van der Waals surface area contributed by atoms with Gasteiger partial charge in [-0.05, 0) is 37.3 Å². The van der Waals surface area contributed by atoms with Gasteiger partial charge < -0.3 is 10.4 Å². The number of aryl methyl sites for hydroxylation is 1. The number of anilines is 1. The quantitative estimate of drug-likeness (QED) is 0.641. The van der Waals surface area contributed by atoms with Gasteiger partial charge in [0.1, 0.15) is 5.02 Å². The summed E-state index contributed by atoms with van der Waals surface area (Å²) >= 11 is 5.90. The van der Waals surface area contributed by atoms with Gasteiger partial charge in [-0.1, -0.05) is 18.0 Å². The number of aliphatic carboxylic acids is 1. The normalized spacial score (nSPS) is 21.2. The number of nitrogens with zero attached hydrogens (tertiary/aromatic N) is 1. The molecule has 0 aliphatic heterocycles. The number of hydrogen-bond donors (Lipinski definition) is 2. The third-order valence-corrected chi connectivity index (χ3v) is 4.32. The summed E-state index contributed by atoms with van der Waals surface area (Å²) in [5.41, 5.74) is 1.31. The van der Waals surface area contributed by atoms with E-state index in [0.29, 0.717) is 18.7 Å². The Hall–Kier alpha value is -1.82. The third-order valence-electron chi connectivity index (χ3n) is 4.02. The minimum Gasteiger partial charge on any atom is -0.481 e. The molecular weight excluding hydrogens is 296 g/mol. The minimum atomic E-state index is -0.752. The predicted molar refractivity (Wildman–Crippen MR) is 79.8 cm³/mol. The molecule has 2 unspecified atom stereocenters. The lowest BCUT2D eigenvalue weighted by molar-refractivity contribution is -0.384. The Kier molecular flexibility index (Phi) is 4.67. The molecule has 0 aromatic heterocycles. The SMILES string of the molecule is Cc1cc([N+](=O)[O-])c(Cl)cc1NCC1CCCC1C(=O)O. The Labute approximate surface area is 127 Å². The number of carboxylic acids is 1.